The van der Waals surface area contributed by atoms with Crippen molar-refractivity contribution in [3.05, 3.63) is 29.8 Å². The monoisotopic (exact) mass is 370 g/mol. The molecule has 0 aliphatic carbocycles. The predicted molar refractivity (Wildman–Crippen MR) is 99.5 cm³/mol. The molecule has 0 aliphatic heterocycles. The highest BCUT2D eigenvalue weighted by Gasteiger charge is 2.21. The van der Waals surface area contributed by atoms with E-state index in [4.69, 9.17) is 5.11 Å². The number of unbranched alkanes of at least 4 members (excludes halogenated alkanes) is 2. The molecule has 6 nitrogen and oxygen atoms in total. The lowest BCUT2D eigenvalue weighted by molar-refractivity contribution is 0.0692. The van der Waals surface area contributed by atoms with Gasteiger partial charge in [0, 0.05) is 6.54 Å². The van der Waals surface area contributed by atoms with Crippen LogP contribution in [0.4, 0.5) is 0 Å². The number of sulfonamides is 1. The minimum atomic E-state index is -3.82. The summed E-state index contributed by atoms with van der Waals surface area (Å²) in [6.07, 6.45) is 5.26. The molecule has 0 saturated carbocycles. The van der Waals surface area contributed by atoms with Crippen LogP contribution in [0.3, 0.4) is 0 Å². The second-order valence-electron chi connectivity index (χ2n) is 6.10. The van der Waals surface area contributed by atoms with Gasteiger partial charge in [-0.2, -0.15) is 0 Å². The molecule has 0 unspecified atom stereocenters. The summed E-state index contributed by atoms with van der Waals surface area (Å²) in [6.45, 7) is 7.52. The molecule has 0 heterocycles. The molecule has 25 heavy (non-hydrogen) atoms. The van der Waals surface area contributed by atoms with Crippen molar-refractivity contribution in [2.45, 2.75) is 50.8 Å². The molecule has 0 amide bonds. The average molecular weight is 371 g/mol. The van der Waals surface area contributed by atoms with E-state index in [-0.39, 0.29) is 10.5 Å². The van der Waals surface area contributed by atoms with E-state index in [0.29, 0.717) is 13.0 Å². The van der Waals surface area contributed by atoms with Crippen molar-refractivity contribution >= 4 is 16.0 Å². The molecule has 142 valence electrons. The average Bonchev–Trinajstić information content (AvgIpc) is 2.60. The smallest absolute Gasteiger partial charge is 0.337 e. The van der Waals surface area contributed by atoms with Gasteiger partial charge < -0.3 is 10.0 Å². The van der Waals surface area contributed by atoms with Gasteiger partial charge in [0.25, 0.3) is 0 Å². The lowest BCUT2D eigenvalue weighted by Crippen LogP contribution is -2.32. The van der Waals surface area contributed by atoms with Crippen molar-refractivity contribution in [1.82, 2.24) is 9.62 Å². The molecule has 2 N–H and O–H groups in total. The van der Waals surface area contributed by atoms with Crippen LogP contribution in [0.5, 0.6) is 0 Å². The second-order valence-corrected chi connectivity index (χ2v) is 7.84. The first-order chi connectivity index (χ1) is 11.9. The first kappa shape index (κ1) is 21.6. The van der Waals surface area contributed by atoms with E-state index in [1.807, 2.05) is 0 Å². The highest BCUT2D eigenvalue weighted by atomic mass is 32.2. The lowest BCUT2D eigenvalue weighted by Gasteiger charge is -2.22. The summed E-state index contributed by atoms with van der Waals surface area (Å²) in [7, 11) is -3.82. The summed E-state index contributed by atoms with van der Waals surface area (Å²) in [5, 5.41) is 9.14. The van der Waals surface area contributed by atoms with Gasteiger partial charge in [-0.15, -0.1) is 0 Å². The van der Waals surface area contributed by atoms with Gasteiger partial charge in [-0.25, -0.2) is 17.9 Å². The highest BCUT2D eigenvalue weighted by Crippen LogP contribution is 2.15. The molecule has 1 rings (SSSR count). The van der Waals surface area contributed by atoms with Gasteiger partial charge in [0.2, 0.25) is 10.0 Å². The summed E-state index contributed by atoms with van der Waals surface area (Å²) in [6, 6.07) is 5.66. The third kappa shape index (κ3) is 7.54. The number of nitrogens with one attached hydrogen (secondary N) is 1. The summed E-state index contributed by atoms with van der Waals surface area (Å²) in [5.74, 6) is -1.24. The standard InChI is InChI=1S/C18H30N2O4S/c1-3-5-13-20(14-6-4-2)15-9-12-19-25(23,24)17-11-8-7-10-16(17)18(21)22/h7-8,10-11,19H,3-6,9,12-15H2,1-2H3,(H,21,22). The van der Waals surface area contributed by atoms with Crippen LogP contribution in [-0.2, 0) is 10.0 Å². The second kappa shape index (κ2) is 11.2. The molecule has 1 aromatic rings. The van der Waals surface area contributed by atoms with E-state index in [1.165, 1.54) is 24.3 Å². The molecule has 0 fully saturated rings. The van der Waals surface area contributed by atoms with Crippen LogP contribution >= 0.6 is 0 Å². The van der Waals surface area contributed by atoms with Crippen molar-refractivity contribution in [2.24, 2.45) is 0 Å². The largest absolute Gasteiger partial charge is 0.478 e. The predicted octanol–water partition coefficient (Wildman–Crippen LogP) is 2.96. The fourth-order valence-corrected chi connectivity index (χ4v) is 3.83. The van der Waals surface area contributed by atoms with Gasteiger partial charge in [-0.3, -0.25) is 0 Å². The number of carbonyl (C=O) groups is 1. The Balaban J connectivity index is 2.57. The van der Waals surface area contributed by atoms with Crippen LogP contribution in [-0.4, -0.2) is 50.6 Å². The van der Waals surface area contributed by atoms with Crippen LogP contribution < -0.4 is 4.72 Å². The van der Waals surface area contributed by atoms with Crippen LogP contribution in [0.1, 0.15) is 56.3 Å². The zero-order chi connectivity index (χ0) is 18.7. The molecule has 0 aromatic heterocycles. The van der Waals surface area contributed by atoms with Crippen molar-refractivity contribution in [2.75, 3.05) is 26.2 Å². The highest BCUT2D eigenvalue weighted by molar-refractivity contribution is 7.89. The van der Waals surface area contributed by atoms with Crippen molar-refractivity contribution in [1.29, 1.82) is 0 Å². The van der Waals surface area contributed by atoms with Crippen molar-refractivity contribution in [3.63, 3.8) is 0 Å². The van der Waals surface area contributed by atoms with E-state index < -0.39 is 16.0 Å². The Morgan fingerprint density at radius 3 is 2.16 bits per heavy atom. The Hall–Kier alpha value is -1.44. The van der Waals surface area contributed by atoms with Gasteiger partial charge in [0.15, 0.2) is 0 Å². The topological polar surface area (TPSA) is 86.7 Å². The fourth-order valence-electron chi connectivity index (χ4n) is 2.56. The van der Waals surface area contributed by atoms with Crippen LogP contribution in [0.15, 0.2) is 29.2 Å². The fraction of sp³-hybridized carbons (Fsp3) is 0.611. The third-order valence-electron chi connectivity index (χ3n) is 4.01. The summed E-state index contributed by atoms with van der Waals surface area (Å²) >= 11 is 0. The molecule has 7 heteroatoms. The Morgan fingerprint density at radius 2 is 1.60 bits per heavy atom. The van der Waals surface area contributed by atoms with Gasteiger partial charge in [-0.1, -0.05) is 38.8 Å². The summed E-state index contributed by atoms with van der Waals surface area (Å²) in [5.41, 5.74) is -0.206. The SMILES string of the molecule is CCCCN(CCCC)CCCNS(=O)(=O)c1ccccc1C(=O)O. The van der Waals surface area contributed by atoms with E-state index >= 15 is 0 Å². The summed E-state index contributed by atoms with van der Waals surface area (Å²) in [4.78, 5) is 13.4. The Bertz CT molecular complexity index is 624. The maximum atomic E-state index is 12.4. The molecular weight excluding hydrogens is 340 g/mol. The third-order valence-corrected chi connectivity index (χ3v) is 5.53. The van der Waals surface area contributed by atoms with Crippen molar-refractivity contribution in [3.8, 4) is 0 Å². The zero-order valence-corrected chi connectivity index (χ0v) is 16.0. The molecule has 0 saturated heterocycles. The number of hydrogen-bond donors (Lipinski definition) is 2. The van der Waals surface area contributed by atoms with E-state index in [9.17, 15) is 13.2 Å². The number of carboxylic acid groups (broad SMARTS) is 1. The first-order valence-corrected chi connectivity index (χ1v) is 10.4. The van der Waals surface area contributed by atoms with E-state index in [1.54, 1.807) is 0 Å². The Labute approximate surface area is 151 Å². The minimum absolute atomic E-state index is 0.184. The van der Waals surface area contributed by atoms with Crippen LogP contribution in [0.25, 0.3) is 0 Å². The van der Waals surface area contributed by atoms with E-state index in [0.717, 1.165) is 45.3 Å². The number of benzene rings is 1. The van der Waals surface area contributed by atoms with Gasteiger partial charge in [-0.05, 0) is 51.0 Å². The quantitative estimate of drug-likeness (QED) is 0.521. The molecule has 0 atom stereocenters. The molecule has 0 aliphatic rings. The molecule has 0 spiro atoms. The van der Waals surface area contributed by atoms with Gasteiger partial charge in [0.1, 0.15) is 0 Å². The Morgan fingerprint density at radius 1 is 1.04 bits per heavy atom. The molecule has 0 bridgehead atoms. The van der Waals surface area contributed by atoms with E-state index in [2.05, 4.69) is 23.5 Å². The maximum absolute atomic E-state index is 12.4. The summed E-state index contributed by atoms with van der Waals surface area (Å²) < 4.78 is 27.2. The Kier molecular flexibility index (Phi) is 9.70. The van der Waals surface area contributed by atoms with Crippen LogP contribution in [0.2, 0.25) is 0 Å². The zero-order valence-electron chi connectivity index (χ0n) is 15.2. The van der Waals surface area contributed by atoms with Gasteiger partial charge in [0.05, 0.1) is 10.5 Å². The first-order valence-electron chi connectivity index (χ1n) is 8.96. The molecule has 0 radical (unpaired) electrons. The minimum Gasteiger partial charge on any atom is -0.478 e. The number of carboxylic acids is 1. The molecular formula is C18H30N2O4S. The molecule has 1 aromatic carbocycles. The normalized spacial score (nSPS) is 11.8. The number of aromatic carboxylic acids is 1. The number of rotatable bonds is 13. The maximum Gasteiger partial charge on any atom is 0.337 e. The lowest BCUT2D eigenvalue weighted by atomic mass is 10.2. The van der Waals surface area contributed by atoms with Crippen molar-refractivity contribution < 1.29 is 18.3 Å². The van der Waals surface area contributed by atoms with Gasteiger partial charge >= 0.3 is 5.97 Å². The number of nitrogens with zero attached hydrogens (tertiary/aromatic N) is 1. The number of hydrogen-bond acceptors (Lipinski definition) is 4. The van der Waals surface area contributed by atoms with Crippen LogP contribution in [0, 0.1) is 0 Å².